The van der Waals surface area contributed by atoms with Crippen molar-refractivity contribution in [1.29, 1.82) is 0 Å². The summed E-state index contributed by atoms with van der Waals surface area (Å²) in [4.78, 5) is 24.1. The fourth-order valence-electron chi connectivity index (χ4n) is 3.39. The average molecular weight is 295 g/mol. The van der Waals surface area contributed by atoms with Gasteiger partial charge >= 0.3 is 0 Å². The normalized spacial score (nSPS) is 12.7. The van der Waals surface area contributed by atoms with Crippen molar-refractivity contribution in [3.8, 4) is 11.3 Å². The van der Waals surface area contributed by atoms with E-state index in [4.69, 9.17) is 0 Å². The number of pyridine rings is 1. The predicted octanol–water partition coefficient (Wildman–Crippen LogP) is 3.21. The molecule has 2 heterocycles. The summed E-state index contributed by atoms with van der Waals surface area (Å²) in [5.41, 5.74) is 6.60. The minimum absolute atomic E-state index is 0.0776. The highest BCUT2D eigenvalue weighted by Gasteiger charge is 2.22. The molecule has 0 atom stereocenters. The Balaban J connectivity index is 2.21. The van der Waals surface area contributed by atoms with Gasteiger partial charge in [-0.3, -0.25) is 4.79 Å². The summed E-state index contributed by atoms with van der Waals surface area (Å²) < 4.78 is 1.90. The van der Waals surface area contributed by atoms with E-state index in [1.807, 2.05) is 17.6 Å². The number of hydrogen-bond donors (Lipinski definition) is 0. The lowest BCUT2D eigenvalue weighted by Gasteiger charge is -2.26. The molecule has 3 rings (SSSR count). The molecule has 1 aliphatic rings. The minimum atomic E-state index is 0.0776. The molecule has 0 spiro atoms. The van der Waals surface area contributed by atoms with Crippen LogP contribution in [0.5, 0.6) is 0 Å². The quantitative estimate of drug-likeness (QED) is 0.872. The third kappa shape index (κ3) is 2.31. The summed E-state index contributed by atoms with van der Waals surface area (Å²) >= 11 is 0. The summed E-state index contributed by atoms with van der Waals surface area (Å²) in [7, 11) is 0. The Morgan fingerprint density at radius 1 is 1.18 bits per heavy atom. The van der Waals surface area contributed by atoms with E-state index in [1.165, 1.54) is 11.1 Å². The number of fused-ring (bicyclic) bond motifs is 3. The van der Waals surface area contributed by atoms with Crippen LogP contribution >= 0.6 is 0 Å². The Kier molecular flexibility index (Phi) is 3.73. The molecule has 0 fully saturated rings. The summed E-state index contributed by atoms with van der Waals surface area (Å²) in [6, 6.07) is 8.32. The molecular weight excluding hydrogens is 274 g/mol. The Morgan fingerprint density at radius 2 is 1.91 bits per heavy atom. The zero-order valence-corrected chi connectivity index (χ0v) is 13.4. The number of nitrogens with zero attached hydrogens (tertiary/aromatic N) is 1. The first-order valence-electron chi connectivity index (χ1n) is 7.81. The van der Waals surface area contributed by atoms with Gasteiger partial charge < -0.3 is 9.36 Å². The third-order valence-corrected chi connectivity index (χ3v) is 4.75. The van der Waals surface area contributed by atoms with Crippen molar-refractivity contribution in [2.75, 3.05) is 0 Å². The van der Waals surface area contributed by atoms with Crippen LogP contribution in [0.2, 0.25) is 0 Å². The second kappa shape index (κ2) is 5.56. The van der Waals surface area contributed by atoms with Crippen molar-refractivity contribution in [2.24, 2.45) is 0 Å². The molecule has 0 radical (unpaired) electrons. The van der Waals surface area contributed by atoms with Crippen LogP contribution in [0.4, 0.5) is 0 Å². The molecule has 3 nitrogen and oxygen atoms in total. The van der Waals surface area contributed by atoms with Gasteiger partial charge in [0.15, 0.2) is 0 Å². The van der Waals surface area contributed by atoms with E-state index < -0.39 is 0 Å². The molecule has 114 valence electrons. The number of hydrogen-bond acceptors (Lipinski definition) is 2. The zero-order chi connectivity index (χ0) is 15.9. The molecule has 0 saturated carbocycles. The lowest BCUT2D eigenvalue weighted by molar-refractivity contribution is -0.116. The van der Waals surface area contributed by atoms with Crippen LogP contribution in [0.1, 0.15) is 35.6 Å². The third-order valence-electron chi connectivity index (χ3n) is 4.75. The molecule has 22 heavy (non-hydrogen) atoms. The highest BCUT2D eigenvalue weighted by molar-refractivity contribution is 5.76. The Labute approximate surface area is 130 Å². The minimum Gasteiger partial charge on any atom is -0.307 e. The predicted molar refractivity (Wildman–Crippen MR) is 88.3 cm³/mol. The monoisotopic (exact) mass is 295 g/mol. The van der Waals surface area contributed by atoms with Crippen LogP contribution < -0.4 is 5.56 Å². The molecule has 3 heteroatoms. The smallest absolute Gasteiger partial charge is 0.254 e. The number of ketones is 1. The number of benzene rings is 1. The molecule has 1 aromatic heterocycles. The van der Waals surface area contributed by atoms with E-state index in [1.54, 1.807) is 6.92 Å². The van der Waals surface area contributed by atoms with Crippen molar-refractivity contribution in [3.05, 3.63) is 56.9 Å². The molecule has 0 N–H and O–H groups in total. The maximum absolute atomic E-state index is 12.9. The van der Waals surface area contributed by atoms with E-state index in [2.05, 4.69) is 25.1 Å². The topological polar surface area (TPSA) is 39.1 Å². The maximum atomic E-state index is 12.9. The van der Waals surface area contributed by atoms with Crippen LogP contribution in [-0.2, 0) is 24.2 Å². The second-order valence-corrected chi connectivity index (χ2v) is 6.14. The molecule has 1 aliphatic heterocycles. The van der Waals surface area contributed by atoms with E-state index in [9.17, 15) is 9.59 Å². The van der Waals surface area contributed by atoms with Gasteiger partial charge in [0.1, 0.15) is 5.78 Å². The van der Waals surface area contributed by atoms with Crippen LogP contribution in [0.15, 0.2) is 29.1 Å². The van der Waals surface area contributed by atoms with Crippen LogP contribution in [-0.4, -0.2) is 10.4 Å². The van der Waals surface area contributed by atoms with Crippen LogP contribution in [0, 0.1) is 13.8 Å². The number of aromatic nitrogens is 1. The Morgan fingerprint density at radius 3 is 2.64 bits per heavy atom. The standard InChI is InChI=1S/C19H21NO2/c1-12(21)8-9-16-13(2)14(3)18-17-7-5-4-6-15(17)10-11-20(18)19(16)22/h4-7H,8-11H2,1-3H3. The average Bonchev–Trinajstić information content (AvgIpc) is 2.51. The number of rotatable bonds is 3. The molecule has 0 saturated heterocycles. The van der Waals surface area contributed by atoms with Gasteiger partial charge in [-0.1, -0.05) is 24.3 Å². The molecule has 0 unspecified atom stereocenters. The summed E-state index contributed by atoms with van der Waals surface area (Å²) in [5, 5.41) is 0. The molecule has 0 aliphatic carbocycles. The van der Waals surface area contributed by atoms with Gasteiger partial charge in [-0.15, -0.1) is 0 Å². The van der Waals surface area contributed by atoms with Crippen molar-refractivity contribution in [2.45, 2.75) is 46.6 Å². The van der Waals surface area contributed by atoms with Gasteiger partial charge in [-0.25, -0.2) is 0 Å². The van der Waals surface area contributed by atoms with Crippen molar-refractivity contribution in [1.82, 2.24) is 4.57 Å². The lowest BCUT2D eigenvalue weighted by atomic mass is 9.90. The van der Waals surface area contributed by atoms with Gasteiger partial charge in [0.25, 0.3) is 5.56 Å². The molecule has 2 aromatic rings. The van der Waals surface area contributed by atoms with Gasteiger partial charge in [-0.05, 0) is 50.3 Å². The highest BCUT2D eigenvalue weighted by Crippen LogP contribution is 2.32. The van der Waals surface area contributed by atoms with Gasteiger partial charge in [0, 0.05) is 24.1 Å². The molecule has 0 bridgehead atoms. The van der Waals surface area contributed by atoms with E-state index in [0.717, 1.165) is 35.3 Å². The largest absolute Gasteiger partial charge is 0.307 e. The van der Waals surface area contributed by atoms with Crippen molar-refractivity contribution < 1.29 is 4.79 Å². The molecular formula is C19H21NO2. The fourth-order valence-corrected chi connectivity index (χ4v) is 3.39. The summed E-state index contributed by atoms with van der Waals surface area (Å²) in [5.74, 6) is 0.129. The van der Waals surface area contributed by atoms with E-state index >= 15 is 0 Å². The van der Waals surface area contributed by atoms with Gasteiger partial charge in [-0.2, -0.15) is 0 Å². The molecule has 0 amide bonds. The molecule has 1 aromatic carbocycles. The SMILES string of the molecule is CC(=O)CCc1c(C)c(C)c2n(c1=O)CCc1ccccc1-2. The van der Waals surface area contributed by atoms with Crippen LogP contribution in [0.25, 0.3) is 11.3 Å². The van der Waals surface area contributed by atoms with E-state index in [0.29, 0.717) is 12.8 Å². The lowest BCUT2D eigenvalue weighted by Crippen LogP contribution is -2.31. The maximum Gasteiger partial charge on any atom is 0.254 e. The summed E-state index contributed by atoms with van der Waals surface area (Å²) in [6.45, 7) is 6.39. The number of carbonyl (C=O) groups excluding carboxylic acids is 1. The van der Waals surface area contributed by atoms with Gasteiger partial charge in [0.05, 0.1) is 5.69 Å². The Hall–Kier alpha value is -2.16. The van der Waals surface area contributed by atoms with Crippen molar-refractivity contribution in [3.63, 3.8) is 0 Å². The first-order valence-corrected chi connectivity index (χ1v) is 7.81. The van der Waals surface area contributed by atoms with Crippen molar-refractivity contribution >= 4 is 5.78 Å². The Bertz CT molecular complexity index is 815. The highest BCUT2D eigenvalue weighted by atomic mass is 16.1. The fraction of sp³-hybridized carbons (Fsp3) is 0.368. The van der Waals surface area contributed by atoms with Crippen LogP contribution in [0.3, 0.4) is 0 Å². The number of aryl methyl sites for hydroxylation is 1. The van der Waals surface area contributed by atoms with E-state index in [-0.39, 0.29) is 11.3 Å². The van der Waals surface area contributed by atoms with Gasteiger partial charge in [0.2, 0.25) is 0 Å². The number of carbonyl (C=O) groups is 1. The zero-order valence-electron chi connectivity index (χ0n) is 13.4. The summed E-state index contributed by atoms with van der Waals surface area (Å²) in [6.07, 6.45) is 1.87. The first-order chi connectivity index (χ1) is 10.5. The first kappa shape index (κ1) is 14.8. The second-order valence-electron chi connectivity index (χ2n) is 6.14. The number of Topliss-reactive ketones (excluding diaryl/α,β-unsaturated/α-hetero) is 1.